The van der Waals surface area contributed by atoms with Crippen molar-refractivity contribution in [2.45, 2.75) is 32.1 Å². The SMILES string of the molecule is CC(O)C1C(=O)N2C(C(=O)OCc3ccc([N+](=O)[O-])cc3)=C(OP(=O)(Oc3ccccc3)Oc3ccccc3)CC12. The summed E-state index contributed by atoms with van der Waals surface area (Å²) in [5.74, 6) is -2.09. The van der Waals surface area contributed by atoms with E-state index in [0.717, 1.165) is 4.90 Å². The summed E-state index contributed by atoms with van der Waals surface area (Å²) in [5, 5.41) is 21.1. The number of nitro groups is 1. The number of aliphatic hydroxyl groups excluding tert-OH is 1. The van der Waals surface area contributed by atoms with E-state index in [1.165, 1.54) is 31.2 Å². The Morgan fingerprint density at radius 3 is 2.07 bits per heavy atom. The van der Waals surface area contributed by atoms with Crippen LogP contribution in [-0.2, 0) is 30.0 Å². The first-order valence-electron chi connectivity index (χ1n) is 12.6. The van der Waals surface area contributed by atoms with Crippen LogP contribution in [0.3, 0.4) is 0 Å². The number of benzene rings is 3. The molecule has 2 heterocycles. The largest absolute Gasteiger partial charge is 0.646 e. The van der Waals surface area contributed by atoms with E-state index in [9.17, 15) is 29.4 Å². The van der Waals surface area contributed by atoms with Crippen LogP contribution in [0.2, 0.25) is 0 Å². The van der Waals surface area contributed by atoms with E-state index >= 15 is 0 Å². The number of rotatable bonds is 11. The fourth-order valence-electron chi connectivity index (χ4n) is 4.65. The highest BCUT2D eigenvalue weighted by atomic mass is 31.2. The third-order valence-electron chi connectivity index (χ3n) is 6.54. The zero-order valence-electron chi connectivity index (χ0n) is 21.7. The fourth-order valence-corrected chi connectivity index (χ4v) is 5.95. The number of phosphoric ester groups is 1. The number of β-lactam (4-membered cyclic amide) rings is 1. The van der Waals surface area contributed by atoms with Crippen molar-refractivity contribution in [3.8, 4) is 11.5 Å². The highest BCUT2D eigenvalue weighted by molar-refractivity contribution is 7.49. The number of carbonyl (C=O) groups is 2. The topological polar surface area (TPSA) is 155 Å². The Morgan fingerprint density at radius 1 is 1.00 bits per heavy atom. The lowest BCUT2D eigenvalue weighted by Crippen LogP contribution is -2.61. The number of ether oxygens (including phenoxy) is 1. The lowest BCUT2D eigenvalue weighted by molar-refractivity contribution is -0.384. The molecule has 2 aliphatic heterocycles. The molecule has 0 aliphatic carbocycles. The van der Waals surface area contributed by atoms with E-state index in [0.29, 0.717) is 5.56 Å². The van der Waals surface area contributed by atoms with Crippen molar-refractivity contribution in [3.63, 3.8) is 0 Å². The molecule has 1 N–H and O–H groups in total. The van der Waals surface area contributed by atoms with E-state index < -0.39 is 42.7 Å². The predicted octanol–water partition coefficient (Wildman–Crippen LogP) is 4.74. The average Bonchev–Trinajstić information content (AvgIpc) is 3.25. The van der Waals surface area contributed by atoms with Crippen molar-refractivity contribution in [1.29, 1.82) is 0 Å². The summed E-state index contributed by atoms with van der Waals surface area (Å²) >= 11 is 0. The number of phosphoric acid groups is 1. The van der Waals surface area contributed by atoms with Crippen molar-refractivity contribution in [2.75, 3.05) is 0 Å². The second-order valence-corrected chi connectivity index (χ2v) is 10.8. The van der Waals surface area contributed by atoms with Crippen LogP contribution in [0.1, 0.15) is 18.9 Å². The number of amides is 1. The first-order chi connectivity index (χ1) is 19.6. The number of aliphatic hydroxyl groups is 1. The lowest BCUT2D eigenvalue weighted by Gasteiger charge is -2.44. The summed E-state index contributed by atoms with van der Waals surface area (Å²) in [6, 6.07) is 21.1. The summed E-state index contributed by atoms with van der Waals surface area (Å²) in [4.78, 5) is 37.8. The maximum absolute atomic E-state index is 14.0. The maximum atomic E-state index is 14.0. The van der Waals surface area contributed by atoms with Crippen molar-refractivity contribution >= 4 is 25.4 Å². The van der Waals surface area contributed by atoms with Gasteiger partial charge in [-0.05, 0) is 48.9 Å². The van der Waals surface area contributed by atoms with Crippen LogP contribution in [0.5, 0.6) is 11.5 Å². The van der Waals surface area contributed by atoms with Crippen molar-refractivity contribution in [1.82, 2.24) is 4.90 Å². The molecular weight excluding hydrogens is 555 g/mol. The number of para-hydroxylation sites is 2. The van der Waals surface area contributed by atoms with Crippen LogP contribution in [0, 0.1) is 16.0 Å². The number of hydrogen-bond donors (Lipinski definition) is 1. The second kappa shape index (κ2) is 11.4. The molecule has 0 radical (unpaired) electrons. The van der Waals surface area contributed by atoms with Crippen molar-refractivity contribution < 1.29 is 42.5 Å². The van der Waals surface area contributed by atoms with Gasteiger partial charge in [0.1, 0.15) is 23.9 Å². The van der Waals surface area contributed by atoms with E-state index in [1.807, 2.05) is 0 Å². The number of carbonyl (C=O) groups excluding carboxylic acids is 2. The van der Waals surface area contributed by atoms with E-state index in [4.69, 9.17) is 18.3 Å². The molecule has 5 rings (SSSR count). The van der Waals surface area contributed by atoms with Gasteiger partial charge in [0.05, 0.1) is 23.0 Å². The van der Waals surface area contributed by atoms with E-state index in [2.05, 4.69) is 0 Å². The third kappa shape index (κ3) is 5.93. The van der Waals surface area contributed by atoms with Gasteiger partial charge >= 0.3 is 13.8 Å². The zero-order valence-corrected chi connectivity index (χ0v) is 22.6. The van der Waals surface area contributed by atoms with Gasteiger partial charge in [-0.15, -0.1) is 0 Å². The third-order valence-corrected chi connectivity index (χ3v) is 7.85. The first kappa shape index (κ1) is 27.9. The quantitative estimate of drug-likeness (QED) is 0.111. The molecule has 3 atom stereocenters. The Balaban J connectivity index is 1.44. The lowest BCUT2D eigenvalue weighted by atomic mass is 9.83. The fraction of sp³-hybridized carbons (Fsp3) is 0.214. The van der Waals surface area contributed by atoms with Gasteiger partial charge in [-0.25, -0.2) is 4.79 Å². The molecule has 41 heavy (non-hydrogen) atoms. The van der Waals surface area contributed by atoms with Gasteiger partial charge in [-0.1, -0.05) is 36.4 Å². The number of hydrogen-bond acceptors (Lipinski definition) is 10. The van der Waals surface area contributed by atoms with Crippen molar-refractivity contribution in [2.24, 2.45) is 5.92 Å². The summed E-state index contributed by atoms with van der Waals surface area (Å²) in [5.41, 5.74) is 0.0521. The molecule has 2 aliphatic rings. The second-order valence-electron chi connectivity index (χ2n) is 9.36. The van der Waals surface area contributed by atoms with Crippen LogP contribution in [0.25, 0.3) is 0 Å². The van der Waals surface area contributed by atoms with Gasteiger partial charge < -0.3 is 23.4 Å². The van der Waals surface area contributed by atoms with Crippen LogP contribution >= 0.6 is 7.82 Å². The highest BCUT2D eigenvalue weighted by Gasteiger charge is 2.59. The molecule has 12 nitrogen and oxygen atoms in total. The number of nitro benzene ring substituents is 1. The molecule has 13 heteroatoms. The van der Waals surface area contributed by atoms with Crippen LogP contribution in [0.15, 0.2) is 96.4 Å². The molecule has 0 saturated carbocycles. The van der Waals surface area contributed by atoms with Gasteiger partial charge in [0.15, 0.2) is 5.70 Å². The normalized spacial score (nSPS) is 18.7. The monoisotopic (exact) mass is 580 g/mol. The maximum Gasteiger partial charge on any atom is 0.646 e. The minimum Gasteiger partial charge on any atom is -0.456 e. The minimum absolute atomic E-state index is 0.0520. The molecule has 3 aromatic rings. The molecule has 3 unspecified atom stereocenters. The standard InChI is InChI=1S/C28H25N2O10P/c1-18(31)25-23-16-24(40-41(36,38-21-8-4-2-5-9-21)39-22-10-6-3-7-11-22)26(29(23)27(25)32)28(33)37-17-19-12-14-20(15-13-19)30(34)35/h2-15,18,23,25,31H,16-17H2,1H3. The van der Waals surface area contributed by atoms with Gasteiger partial charge in [0, 0.05) is 18.6 Å². The highest BCUT2D eigenvalue weighted by Crippen LogP contribution is 2.55. The Morgan fingerprint density at radius 2 is 1.56 bits per heavy atom. The zero-order chi connectivity index (χ0) is 29.1. The number of non-ortho nitro benzene ring substituents is 1. The smallest absolute Gasteiger partial charge is 0.456 e. The molecule has 1 fully saturated rings. The average molecular weight is 580 g/mol. The molecule has 0 aromatic heterocycles. The molecule has 1 saturated heterocycles. The van der Waals surface area contributed by atoms with Gasteiger partial charge in [0.2, 0.25) is 5.91 Å². The molecule has 0 bridgehead atoms. The Kier molecular flexibility index (Phi) is 7.78. The van der Waals surface area contributed by atoms with Crippen LogP contribution in [0.4, 0.5) is 5.69 Å². The van der Waals surface area contributed by atoms with Gasteiger partial charge in [-0.3, -0.25) is 19.8 Å². The molecule has 0 spiro atoms. The Labute approximate surface area is 234 Å². The number of esters is 1. The first-order valence-corrected chi connectivity index (χ1v) is 14.0. The Bertz CT molecular complexity index is 1480. The van der Waals surface area contributed by atoms with Crippen LogP contribution < -0.4 is 9.05 Å². The van der Waals surface area contributed by atoms with Gasteiger partial charge in [-0.2, -0.15) is 4.57 Å². The van der Waals surface area contributed by atoms with E-state index in [-0.39, 0.29) is 41.7 Å². The summed E-state index contributed by atoms with van der Waals surface area (Å²) < 4.78 is 36.6. The van der Waals surface area contributed by atoms with E-state index in [1.54, 1.807) is 60.7 Å². The summed E-state index contributed by atoms with van der Waals surface area (Å²) in [6.07, 6.45) is -1.06. The summed E-state index contributed by atoms with van der Waals surface area (Å²) in [6.45, 7) is 1.20. The number of nitrogens with zero attached hydrogens (tertiary/aromatic N) is 2. The summed E-state index contributed by atoms with van der Waals surface area (Å²) in [7, 11) is -4.50. The molecular formula is C28H25N2O10P. The Hall–Kier alpha value is -4.67. The van der Waals surface area contributed by atoms with Crippen molar-refractivity contribution in [3.05, 3.63) is 112 Å². The number of fused-ring (bicyclic) bond motifs is 1. The van der Waals surface area contributed by atoms with Crippen LogP contribution in [-0.4, -0.2) is 39.0 Å². The molecule has 1 amide bonds. The molecule has 212 valence electrons. The predicted molar refractivity (Wildman–Crippen MR) is 143 cm³/mol. The van der Waals surface area contributed by atoms with Gasteiger partial charge in [0.25, 0.3) is 5.69 Å². The molecule has 3 aromatic carbocycles. The minimum atomic E-state index is -4.50.